The molecule has 0 bridgehead atoms. The second kappa shape index (κ2) is 9.43. The lowest BCUT2D eigenvalue weighted by Crippen LogP contribution is -2.21. The van der Waals surface area contributed by atoms with E-state index in [0.29, 0.717) is 40.0 Å². The van der Waals surface area contributed by atoms with Crippen LogP contribution < -0.4 is 15.5 Å². The molecule has 1 aromatic heterocycles. The van der Waals surface area contributed by atoms with Crippen LogP contribution in [-0.2, 0) is 0 Å². The van der Waals surface area contributed by atoms with E-state index in [4.69, 9.17) is 21.6 Å². The van der Waals surface area contributed by atoms with Crippen molar-refractivity contribution >= 4 is 46.7 Å². The standard InChI is InChI=1S/C18H19ClN4O2S/c1-11(2)22-10-26-9-14(21-3)13-8-15(24)12-4-5-16(25-7-6-20)17(19)18(12)23-13/h4-5,8-9,11,22H,3,7,10H2,1-2H3,(H,23,24)/b14-9-. The lowest BCUT2D eigenvalue weighted by Gasteiger charge is -2.10. The zero-order valence-corrected chi connectivity index (χ0v) is 16.1. The predicted molar refractivity (Wildman–Crippen MR) is 109 cm³/mol. The van der Waals surface area contributed by atoms with Gasteiger partial charge in [-0.3, -0.25) is 9.79 Å². The fraction of sp³-hybridized carbons (Fsp3) is 0.278. The number of nitrogens with one attached hydrogen (secondary N) is 2. The molecular formula is C18H19ClN4O2S. The Morgan fingerprint density at radius 2 is 2.35 bits per heavy atom. The summed E-state index contributed by atoms with van der Waals surface area (Å²) in [6.45, 7) is 7.57. The van der Waals surface area contributed by atoms with Crippen LogP contribution in [-0.4, -0.2) is 30.2 Å². The molecule has 0 saturated heterocycles. The molecule has 0 amide bonds. The number of halogens is 1. The second-order valence-electron chi connectivity index (χ2n) is 5.63. The van der Waals surface area contributed by atoms with E-state index in [2.05, 4.69) is 35.9 Å². The van der Waals surface area contributed by atoms with Crippen molar-refractivity contribution in [3.8, 4) is 11.8 Å². The number of aromatic amines is 1. The fourth-order valence-corrected chi connectivity index (χ4v) is 3.28. The number of H-pyrrole nitrogens is 1. The van der Waals surface area contributed by atoms with Crippen molar-refractivity contribution in [1.82, 2.24) is 10.3 Å². The molecule has 0 spiro atoms. The normalized spacial score (nSPS) is 11.6. The van der Waals surface area contributed by atoms with Crippen LogP contribution in [0.1, 0.15) is 19.5 Å². The Bertz CT molecular complexity index is 931. The van der Waals surface area contributed by atoms with Crippen LogP contribution in [0.4, 0.5) is 0 Å². The highest BCUT2D eigenvalue weighted by Crippen LogP contribution is 2.31. The minimum absolute atomic E-state index is 0.131. The summed E-state index contributed by atoms with van der Waals surface area (Å²) < 4.78 is 5.28. The highest BCUT2D eigenvalue weighted by molar-refractivity contribution is 8.02. The molecule has 0 unspecified atom stereocenters. The van der Waals surface area contributed by atoms with Crippen molar-refractivity contribution < 1.29 is 4.74 Å². The third-order valence-corrected chi connectivity index (χ3v) is 4.51. The lowest BCUT2D eigenvalue weighted by molar-refractivity contribution is 0.369. The van der Waals surface area contributed by atoms with Gasteiger partial charge in [-0.15, -0.1) is 11.8 Å². The zero-order chi connectivity index (χ0) is 19.1. The van der Waals surface area contributed by atoms with Gasteiger partial charge in [0.15, 0.2) is 12.0 Å². The van der Waals surface area contributed by atoms with Crippen LogP contribution in [0.25, 0.3) is 16.6 Å². The number of nitrogens with zero attached hydrogens (tertiary/aromatic N) is 2. The number of aromatic nitrogens is 1. The quantitative estimate of drug-likeness (QED) is 0.406. The van der Waals surface area contributed by atoms with Gasteiger partial charge >= 0.3 is 0 Å². The summed E-state index contributed by atoms with van der Waals surface area (Å²) in [6.07, 6.45) is 0. The van der Waals surface area contributed by atoms with Gasteiger partial charge in [-0.2, -0.15) is 5.26 Å². The number of fused-ring (bicyclic) bond motifs is 1. The molecule has 1 heterocycles. The van der Waals surface area contributed by atoms with Crippen molar-refractivity contribution in [3.05, 3.63) is 44.5 Å². The maximum atomic E-state index is 12.4. The predicted octanol–water partition coefficient (Wildman–Crippen LogP) is 3.77. The molecule has 0 aliphatic carbocycles. The third kappa shape index (κ3) is 4.88. The summed E-state index contributed by atoms with van der Waals surface area (Å²) in [5, 5.41) is 14.4. The Kier molecular flexibility index (Phi) is 7.27. The van der Waals surface area contributed by atoms with Crippen LogP contribution in [0.2, 0.25) is 5.02 Å². The molecule has 0 aliphatic heterocycles. The van der Waals surface area contributed by atoms with E-state index in [9.17, 15) is 4.79 Å². The summed E-state index contributed by atoms with van der Waals surface area (Å²) in [5.41, 5.74) is 1.29. The molecule has 8 heteroatoms. The molecule has 0 saturated carbocycles. The Hall–Kier alpha value is -2.27. The van der Waals surface area contributed by atoms with Crippen LogP contribution >= 0.6 is 23.4 Å². The Morgan fingerprint density at radius 1 is 1.58 bits per heavy atom. The molecule has 2 rings (SSSR count). The molecule has 0 fully saturated rings. The molecule has 26 heavy (non-hydrogen) atoms. The number of thioether (sulfide) groups is 1. The molecule has 0 radical (unpaired) electrons. The first kappa shape index (κ1) is 20.0. The maximum Gasteiger partial charge on any atom is 0.190 e. The van der Waals surface area contributed by atoms with Gasteiger partial charge in [0.1, 0.15) is 16.8 Å². The van der Waals surface area contributed by atoms with Crippen molar-refractivity contribution in [2.45, 2.75) is 19.9 Å². The van der Waals surface area contributed by atoms with Gasteiger partial charge in [0, 0.05) is 23.4 Å². The molecular weight excluding hydrogens is 372 g/mol. The van der Waals surface area contributed by atoms with Crippen molar-refractivity contribution in [1.29, 1.82) is 5.26 Å². The van der Waals surface area contributed by atoms with Gasteiger partial charge in [0.25, 0.3) is 0 Å². The van der Waals surface area contributed by atoms with Crippen LogP contribution in [0, 0.1) is 11.3 Å². The molecule has 0 atom stereocenters. The number of hydrogen-bond acceptors (Lipinski definition) is 6. The topological polar surface area (TPSA) is 90.3 Å². The Morgan fingerprint density at radius 3 is 3.00 bits per heavy atom. The van der Waals surface area contributed by atoms with Gasteiger partial charge in [-0.05, 0) is 24.3 Å². The lowest BCUT2D eigenvalue weighted by atomic mass is 10.1. The Balaban J connectivity index is 2.42. The fourth-order valence-electron chi connectivity index (χ4n) is 2.14. The van der Waals surface area contributed by atoms with Gasteiger partial charge in [-0.1, -0.05) is 25.4 Å². The maximum absolute atomic E-state index is 12.4. The molecule has 2 N–H and O–H groups in total. The third-order valence-electron chi connectivity index (χ3n) is 3.42. The molecule has 0 aliphatic rings. The summed E-state index contributed by atoms with van der Waals surface area (Å²) in [4.78, 5) is 19.6. The van der Waals surface area contributed by atoms with E-state index in [-0.39, 0.29) is 17.1 Å². The molecule has 136 valence electrons. The second-order valence-corrected chi connectivity index (χ2v) is 6.86. The number of hydrogen-bond donors (Lipinski definition) is 2. The summed E-state index contributed by atoms with van der Waals surface area (Å²) in [7, 11) is 0. The van der Waals surface area contributed by atoms with E-state index in [1.807, 2.05) is 11.5 Å². The monoisotopic (exact) mass is 390 g/mol. The minimum atomic E-state index is -0.192. The zero-order valence-electron chi connectivity index (χ0n) is 14.5. The SMILES string of the molecule is C=N/C(=C\SCNC(C)C)c1cc(=O)c2ccc(OCC#N)c(Cl)c2[nH]1. The first-order chi connectivity index (χ1) is 12.5. The highest BCUT2D eigenvalue weighted by atomic mass is 35.5. The van der Waals surface area contributed by atoms with Crippen LogP contribution in [0.3, 0.4) is 0 Å². The summed E-state index contributed by atoms with van der Waals surface area (Å²) >= 11 is 7.86. The van der Waals surface area contributed by atoms with E-state index in [0.717, 1.165) is 0 Å². The number of benzene rings is 1. The van der Waals surface area contributed by atoms with E-state index >= 15 is 0 Å². The summed E-state index contributed by atoms with van der Waals surface area (Å²) in [6, 6.07) is 6.91. The van der Waals surface area contributed by atoms with Crippen molar-refractivity contribution in [3.63, 3.8) is 0 Å². The van der Waals surface area contributed by atoms with E-state index in [1.165, 1.54) is 17.8 Å². The van der Waals surface area contributed by atoms with Crippen molar-refractivity contribution in [2.24, 2.45) is 4.99 Å². The number of nitriles is 1. The summed E-state index contributed by atoms with van der Waals surface area (Å²) in [5.74, 6) is 1.04. The average Bonchev–Trinajstić information content (AvgIpc) is 2.61. The van der Waals surface area contributed by atoms with Gasteiger partial charge in [0.05, 0.1) is 16.9 Å². The van der Waals surface area contributed by atoms with Gasteiger partial charge < -0.3 is 15.0 Å². The molecule has 2 aromatic rings. The number of rotatable bonds is 8. The number of ether oxygens (including phenoxy) is 1. The number of pyridine rings is 1. The van der Waals surface area contributed by atoms with Crippen LogP contribution in [0.15, 0.2) is 33.4 Å². The van der Waals surface area contributed by atoms with Gasteiger partial charge in [-0.25, -0.2) is 0 Å². The molecule has 1 aromatic carbocycles. The smallest absolute Gasteiger partial charge is 0.190 e. The highest BCUT2D eigenvalue weighted by Gasteiger charge is 2.12. The van der Waals surface area contributed by atoms with Crippen molar-refractivity contribution in [2.75, 3.05) is 12.5 Å². The Labute approximate surface area is 160 Å². The van der Waals surface area contributed by atoms with E-state index in [1.54, 1.807) is 12.1 Å². The van der Waals surface area contributed by atoms with E-state index < -0.39 is 0 Å². The van der Waals surface area contributed by atoms with Crippen LogP contribution in [0.5, 0.6) is 5.75 Å². The van der Waals surface area contributed by atoms with Gasteiger partial charge in [0.2, 0.25) is 0 Å². The first-order valence-corrected chi connectivity index (χ1v) is 9.28. The largest absolute Gasteiger partial charge is 0.477 e. The minimum Gasteiger partial charge on any atom is -0.477 e. The first-order valence-electron chi connectivity index (χ1n) is 7.85. The molecule has 6 nitrogen and oxygen atoms in total. The average molecular weight is 391 g/mol. The number of aliphatic imine (C=N–C) groups is 1.